The number of guanidine groups is 1. The number of aliphatic carboxylic acids is 1. The van der Waals surface area contributed by atoms with E-state index in [0.717, 1.165) is 32.7 Å². The third-order valence-electron chi connectivity index (χ3n) is 16.9. The van der Waals surface area contributed by atoms with E-state index in [1.807, 2.05) is 56.3 Å². The van der Waals surface area contributed by atoms with E-state index >= 15 is 0 Å². The van der Waals surface area contributed by atoms with E-state index in [0.29, 0.717) is 24.1 Å². The minimum absolute atomic E-state index is 0.0169. The molecule has 33 nitrogen and oxygen atoms in total. The molecule has 2 fully saturated rings. The van der Waals surface area contributed by atoms with Gasteiger partial charge in [0.2, 0.25) is 65.0 Å². The first-order valence-electron chi connectivity index (χ1n) is 33.1. The number of aliphatic imine (C=N–C) groups is 1. The molecule has 10 atom stereocenters. The highest BCUT2D eigenvalue weighted by Crippen LogP contribution is 2.48. The lowest BCUT2D eigenvalue weighted by Gasteiger charge is -2.35. The molecule has 2 saturated heterocycles. The summed E-state index contributed by atoms with van der Waals surface area (Å²) in [5, 5.41) is 41.4. The topological polar surface area (TPSA) is 506 Å². The number of benzene rings is 2. The highest BCUT2D eigenvalue weighted by atomic mass is 33.1. The molecular formula is C64H92N18O15S3. The van der Waals surface area contributed by atoms with E-state index in [-0.39, 0.29) is 125 Å². The number of unbranched alkanes of at least 4 members (excludes halogenated alkanes) is 1. The van der Waals surface area contributed by atoms with Crippen molar-refractivity contribution >= 4 is 128 Å². The smallest absolute Gasteiger partial charge is 0.305 e. The van der Waals surface area contributed by atoms with Crippen LogP contribution in [0.1, 0.15) is 133 Å². The normalized spacial score (nSPS) is 23.5. The van der Waals surface area contributed by atoms with Crippen molar-refractivity contribution in [2.45, 2.75) is 165 Å². The van der Waals surface area contributed by atoms with Crippen molar-refractivity contribution in [2.75, 3.05) is 61.4 Å². The first kappa shape index (κ1) is 80.1. The maximum Gasteiger partial charge on any atom is 0.305 e. The number of hydrogen-bond acceptors (Lipinski definition) is 22. The molecule has 4 aliphatic heterocycles. The Kier molecular flexibility index (Phi) is 31.9. The number of rotatable bonds is 23. The standard InChI is InChI=1S/C64H92N18O15S3/c1-35(2)72-50(85)19-20-52(87)81-31-37-12-4-5-13-40(37)56-55(41-14-6-7-17-47(41)81)78-79-82(56)25-21-38(32-98)58(92)77-46-34-100-99-33-39(57(66)91)27-49(84)44(26-36(3)83)76-63(97)48-18-11-24-80(48)53(88)30-71-60(94)42(15-8-9-22-65)74-61(95)45(28-54(89)90)73-51(86)29-70-59(93)43(75-62(46)96)16-10-23-69-64(67)68/h4-7,12-14,17,35,38-39,42-46,48,55-56,98H,8-11,15-16,18-34,65H2,1-3H3,(H2,66,91)(H,70,93)(H,71,94)(H,72,85)(H,73,86)(H,74,95)(H,75,96)(H,76,97)(H,77,92)(H,89,90)(H4,67,68,69)/t38-,39?,42+,43+,44+,45+,46+,48?,55?,56?/m1/s1. The molecular weight excluding hydrogens is 1360 g/mol. The van der Waals surface area contributed by atoms with Crippen LogP contribution >= 0.6 is 34.2 Å². The number of carboxylic acid groups (broad SMARTS) is 1. The van der Waals surface area contributed by atoms with Gasteiger partial charge in [0, 0.05) is 85.8 Å². The van der Waals surface area contributed by atoms with E-state index in [2.05, 4.69) is 65.4 Å². The summed E-state index contributed by atoms with van der Waals surface area (Å²) in [6.45, 7) is 3.80. The molecule has 4 aliphatic rings. The number of para-hydroxylation sites is 1. The van der Waals surface area contributed by atoms with Gasteiger partial charge in [-0.15, -0.1) is 0 Å². The lowest BCUT2D eigenvalue weighted by Crippen LogP contribution is -2.57. The third kappa shape index (κ3) is 24.2. The molecule has 4 heterocycles. The minimum Gasteiger partial charge on any atom is -0.481 e. The van der Waals surface area contributed by atoms with Crippen LogP contribution in [0.2, 0.25) is 0 Å². The first-order chi connectivity index (χ1) is 47.7. The number of nitrogens with zero attached hydrogens (tertiary/aromatic N) is 6. The van der Waals surface area contributed by atoms with Crippen molar-refractivity contribution in [1.82, 2.24) is 52.4 Å². The summed E-state index contributed by atoms with van der Waals surface area (Å²) in [6.07, 6.45) is -1.09. The third-order valence-corrected chi connectivity index (χ3v) is 19.9. The first-order valence-corrected chi connectivity index (χ1v) is 36.2. The van der Waals surface area contributed by atoms with Crippen LogP contribution in [0, 0.1) is 11.8 Å². The van der Waals surface area contributed by atoms with Gasteiger partial charge < -0.3 is 80.4 Å². The fourth-order valence-corrected chi connectivity index (χ4v) is 14.6. The molecule has 0 aromatic heterocycles. The molecule has 546 valence electrons. The fraction of sp³-hybridized carbons (Fsp3) is 0.578. The van der Waals surface area contributed by atoms with Crippen LogP contribution in [0.3, 0.4) is 0 Å². The second-order valence-corrected chi connectivity index (χ2v) is 27.9. The zero-order valence-electron chi connectivity index (χ0n) is 56.2. The Hall–Kier alpha value is -8.90. The Bertz CT molecular complexity index is 3380. The summed E-state index contributed by atoms with van der Waals surface area (Å²) in [5.41, 5.74) is 25.6. The summed E-state index contributed by atoms with van der Waals surface area (Å²) < 4.78 is 0. The summed E-state index contributed by atoms with van der Waals surface area (Å²) in [5.74, 6) is -14.3. The van der Waals surface area contributed by atoms with Crippen LogP contribution in [-0.4, -0.2) is 202 Å². The summed E-state index contributed by atoms with van der Waals surface area (Å²) in [4.78, 5) is 198. The largest absolute Gasteiger partial charge is 0.481 e. The molecule has 0 saturated carbocycles. The second-order valence-electron chi connectivity index (χ2n) is 25.0. The minimum atomic E-state index is -1.83. The van der Waals surface area contributed by atoms with Gasteiger partial charge in [0.25, 0.3) is 0 Å². The van der Waals surface area contributed by atoms with Crippen LogP contribution in [0.5, 0.6) is 0 Å². The molecule has 0 bridgehead atoms. The lowest BCUT2D eigenvalue weighted by atomic mass is 9.87. The number of nitrogens with two attached hydrogens (primary N) is 4. The van der Waals surface area contributed by atoms with E-state index in [9.17, 15) is 72.2 Å². The number of hydrogen-bond donors (Lipinski definition) is 14. The number of thiol groups is 1. The molecule has 6 rings (SSSR count). The number of anilines is 1. The molecule has 0 aliphatic carbocycles. The van der Waals surface area contributed by atoms with Gasteiger partial charge >= 0.3 is 5.97 Å². The summed E-state index contributed by atoms with van der Waals surface area (Å²) in [7, 11) is 1.97. The van der Waals surface area contributed by atoms with E-state index < -0.39 is 163 Å². The van der Waals surface area contributed by atoms with Gasteiger partial charge in [-0.2, -0.15) is 17.7 Å². The average molecular weight is 1450 g/mol. The molecule has 4 unspecified atom stereocenters. The second kappa shape index (κ2) is 39.8. The van der Waals surface area contributed by atoms with Gasteiger partial charge in [-0.1, -0.05) is 69.3 Å². The van der Waals surface area contributed by atoms with Crippen molar-refractivity contribution in [3.05, 3.63) is 65.2 Å². The highest BCUT2D eigenvalue weighted by Gasteiger charge is 2.43. The molecule has 2 aromatic carbocycles. The number of nitrogens with one attached hydrogen (secondary N) is 8. The molecule has 36 heteroatoms. The van der Waals surface area contributed by atoms with Gasteiger partial charge in [-0.05, 0) is 95.9 Å². The molecule has 100 heavy (non-hydrogen) atoms. The highest BCUT2D eigenvalue weighted by molar-refractivity contribution is 8.76. The van der Waals surface area contributed by atoms with Crippen molar-refractivity contribution < 1.29 is 72.2 Å². The zero-order chi connectivity index (χ0) is 73.2. The predicted octanol–water partition coefficient (Wildman–Crippen LogP) is -1.02. The van der Waals surface area contributed by atoms with Crippen LogP contribution in [-0.2, 0) is 73.7 Å². The quantitative estimate of drug-likeness (QED) is 0.0208. The summed E-state index contributed by atoms with van der Waals surface area (Å²) in [6, 6.07) is 4.73. The SMILES string of the molecule is CC(=O)C[C@@H]1NC(=O)C2CCCN2C(=O)CNC(=O)[C@H](CCCCN)NC(=O)[C@H](CC(=O)O)NC(=O)CNC(=O)[C@H](CCCN=C(N)N)NC(=O)[C@@H](NC(=O)[C@@H](CS)CCN2N=NC3c4ccccc4N(C(=O)CCC(=O)NC(C)C)Cc4ccccc4C32)CSSCC(C(N)=O)CC1=O. The molecule has 17 N–H and O–H groups in total. The number of amides is 11. The molecule has 0 radical (unpaired) electrons. The van der Waals surface area contributed by atoms with Gasteiger partial charge in [-0.3, -0.25) is 77.1 Å². The Morgan fingerprint density at radius 1 is 0.770 bits per heavy atom. The fourth-order valence-electron chi connectivity index (χ4n) is 11.8. The maximum absolute atomic E-state index is 14.8. The predicted molar refractivity (Wildman–Crippen MR) is 374 cm³/mol. The Labute approximate surface area is 592 Å². The number of primary amides is 1. The molecule has 2 aromatic rings. The van der Waals surface area contributed by atoms with E-state index in [1.165, 1.54) is 11.8 Å². The average Bonchev–Trinajstić information content (AvgIpc) is 1.49. The number of carboxylic acids is 1. The Balaban J connectivity index is 1.28. The van der Waals surface area contributed by atoms with Crippen molar-refractivity contribution in [3.63, 3.8) is 0 Å². The van der Waals surface area contributed by atoms with Crippen LogP contribution in [0.25, 0.3) is 0 Å². The number of carbonyl (C=O) groups excluding carboxylic acids is 13. The zero-order valence-corrected chi connectivity index (χ0v) is 58.7. The monoisotopic (exact) mass is 1450 g/mol. The van der Waals surface area contributed by atoms with E-state index in [1.54, 1.807) is 16.0 Å². The van der Waals surface area contributed by atoms with Crippen molar-refractivity contribution in [3.8, 4) is 0 Å². The van der Waals surface area contributed by atoms with E-state index in [4.69, 9.17) is 28.0 Å². The Morgan fingerprint density at radius 3 is 2.10 bits per heavy atom. The van der Waals surface area contributed by atoms with Crippen molar-refractivity contribution in [1.29, 1.82) is 0 Å². The number of ketones is 2. The molecule has 11 amide bonds. The number of Topliss-reactive ketones (excluding diaryl/α,β-unsaturated/α-hetero) is 2. The van der Waals surface area contributed by atoms with Crippen LogP contribution < -0.4 is 70.4 Å². The summed E-state index contributed by atoms with van der Waals surface area (Å²) >= 11 is 4.58. The van der Waals surface area contributed by atoms with Crippen molar-refractivity contribution in [2.24, 2.45) is 50.1 Å². The Morgan fingerprint density at radius 2 is 1.43 bits per heavy atom. The molecule has 0 spiro atoms. The number of carbonyl (C=O) groups is 14. The van der Waals surface area contributed by atoms with Gasteiger partial charge in [0.1, 0.15) is 48.1 Å². The maximum atomic E-state index is 14.8. The van der Waals surface area contributed by atoms with Gasteiger partial charge in [0.05, 0.1) is 38.0 Å². The lowest BCUT2D eigenvalue weighted by molar-refractivity contribution is -0.141. The van der Waals surface area contributed by atoms with Gasteiger partial charge in [0.15, 0.2) is 11.7 Å². The van der Waals surface area contributed by atoms with Crippen LogP contribution in [0.4, 0.5) is 5.69 Å². The van der Waals surface area contributed by atoms with Crippen LogP contribution in [0.15, 0.2) is 63.9 Å². The number of fused-ring (bicyclic) bond motifs is 6. The van der Waals surface area contributed by atoms with Gasteiger partial charge in [-0.25, -0.2) is 0 Å².